The van der Waals surface area contributed by atoms with Gasteiger partial charge >= 0.3 is 6.03 Å². The minimum Gasteiger partial charge on any atom is -0.330 e. The van der Waals surface area contributed by atoms with Crippen molar-refractivity contribution in [3.05, 3.63) is 70.3 Å². The Labute approximate surface area is 152 Å². The number of anilines is 1. The quantitative estimate of drug-likeness (QED) is 0.613. The van der Waals surface area contributed by atoms with Crippen molar-refractivity contribution in [3.8, 4) is 0 Å². The number of rotatable bonds is 6. The molecule has 0 saturated carbocycles. The third-order valence-electron chi connectivity index (χ3n) is 4.46. The normalized spacial score (nSPS) is 15.4. The first-order chi connectivity index (χ1) is 12.6. The first-order valence-corrected chi connectivity index (χ1v) is 8.71. The summed E-state index contributed by atoms with van der Waals surface area (Å²) in [4.78, 5) is 25.2. The largest absolute Gasteiger partial charge is 0.330 e. The number of amides is 2. The Kier molecular flexibility index (Phi) is 5.80. The van der Waals surface area contributed by atoms with Crippen LogP contribution >= 0.6 is 0 Å². The molecule has 26 heavy (non-hydrogen) atoms. The third kappa shape index (κ3) is 4.80. The Morgan fingerprint density at radius 1 is 1.12 bits per heavy atom. The van der Waals surface area contributed by atoms with Crippen LogP contribution in [0.2, 0.25) is 0 Å². The summed E-state index contributed by atoms with van der Waals surface area (Å²) in [6.07, 6.45) is 2.36. The maximum absolute atomic E-state index is 12.4. The molecule has 1 aliphatic rings. The summed E-state index contributed by atoms with van der Waals surface area (Å²) in [6.45, 7) is 2.82. The lowest BCUT2D eigenvalue weighted by atomic mass is 10.1. The van der Waals surface area contributed by atoms with E-state index in [2.05, 4.69) is 15.5 Å². The first-order valence-electron chi connectivity index (χ1n) is 8.71. The first kappa shape index (κ1) is 17.9. The molecule has 0 radical (unpaired) electrons. The zero-order valence-electron chi connectivity index (χ0n) is 14.4. The molecule has 1 atom stereocenters. The fourth-order valence-electron chi connectivity index (χ4n) is 3.17. The van der Waals surface area contributed by atoms with Crippen molar-refractivity contribution in [2.24, 2.45) is 0 Å². The topological polar surface area (TPSA) is 87.5 Å². The van der Waals surface area contributed by atoms with Gasteiger partial charge in [0.05, 0.1) is 11.0 Å². The summed E-state index contributed by atoms with van der Waals surface area (Å²) in [7, 11) is 0. The number of nitro groups is 1. The van der Waals surface area contributed by atoms with E-state index in [1.54, 1.807) is 12.1 Å². The van der Waals surface area contributed by atoms with Gasteiger partial charge in [0.1, 0.15) is 0 Å². The van der Waals surface area contributed by atoms with Gasteiger partial charge in [-0.1, -0.05) is 36.4 Å². The molecule has 0 aromatic heterocycles. The molecule has 0 bridgehead atoms. The summed E-state index contributed by atoms with van der Waals surface area (Å²) in [5.74, 6) is 0. The van der Waals surface area contributed by atoms with E-state index in [9.17, 15) is 14.9 Å². The molecule has 0 spiro atoms. The van der Waals surface area contributed by atoms with Crippen molar-refractivity contribution in [3.63, 3.8) is 0 Å². The lowest BCUT2D eigenvalue weighted by Crippen LogP contribution is -2.39. The molecule has 2 N–H and O–H groups in total. The summed E-state index contributed by atoms with van der Waals surface area (Å²) in [5, 5.41) is 16.6. The number of hydrogen-bond donors (Lipinski definition) is 2. The second-order valence-electron chi connectivity index (χ2n) is 6.38. The van der Waals surface area contributed by atoms with Gasteiger partial charge in [-0.3, -0.25) is 10.1 Å². The van der Waals surface area contributed by atoms with Crippen LogP contribution in [0, 0.1) is 10.1 Å². The number of nitrogens with one attached hydrogen (secondary N) is 2. The number of nitrogens with zero attached hydrogens (tertiary/aromatic N) is 2. The summed E-state index contributed by atoms with van der Waals surface area (Å²) < 4.78 is 0. The highest BCUT2D eigenvalue weighted by atomic mass is 16.6. The van der Waals surface area contributed by atoms with Gasteiger partial charge in [0.25, 0.3) is 5.69 Å². The Balaban J connectivity index is 1.68. The predicted molar refractivity (Wildman–Crippen MR) is 100 cm³/mol. The molecule has 1 fully saturated rings. The van der Waals surface area contributed by atoms with Crippen LogP contribution in [-0.2, 0) is 0 Å². The highest BCUT2D eigenvalue weighted by molar-refractivity contribution is 5.89. The maximum Gasteiger partial charge on any atom is 0.319 e. The molecule has 7 heteroatoms. The summed E-state index contributed by atoms with van der Waals surface area (Å²) in [5.41, 5.74) is 1.37. The predicted octanol–water partition coefficient (Wildman–Crippen LogP) is 3.55. The molecule has 1 unspecified atom stereocenters. The fraction of sp³-hybridized carbons (Fsp3) is 0.316. The van der Waals surface area contributed by atoms with Gasteiger partial charge in [0.2, 0.25) is 0 Å². The van der Waals surface area contributed by atoms with Crippen molar-refractivity contribution in [2.45, 2.75) is 18.9 Å². The van der Waals surface area contributed by atoms with E-state index in [1.807, 2.05) is 30.3 Å². The number of carbonyl (C=O) groups excluding carboxylic acids is 1. The lowest BCUT2D eigenvalue weighted by molar-refractivity contribution is -0.384. The smallest absolute Gasteiger partial charge is 0.319 e. The SMILES string of the molecule is O=C(Nc1cccc([N+](=O)[O-])c1)NC(CN1CCCC1)c1ccccc1. The molecular weight excluding hydrogens is 332 g/mol. The minimum absolute atomic E-state index is 0.0560. The van der Waals surface area contributed by atoms with Crippen LogP contribution in [0.5, 0.6) is 0 Å². The number of likely N-dealkylation sites (tertiary alicyclic amines) is 1. The van der Waals surface area contributed by atoms with E-state index in [0.29, 0.717) is 5.69 Å². The number of carbonyl (C=O) groups is 1. The van der Waals surface area contributed by atoms with E-state index < -0.39 is 4.92 Å². The molecule has 1 aliphatic heterocycles. The zero-order chi connectivity index (χ0) is 18.4. The highest BCUT2D eigenvalue weighted by Crippen LogP contribution is 2.19. The number of benzene rings is 2. The van der Waals surface area contributed by atoms with Crippen molar-refractivity contribution < 1.29 is 9.72 Å². The Bertz CT molecular complexity index is 760. The van der Waals surface area contributed by atoms with Crippen LogP contribution < -0.4 is 10.6 Å². The monoisotopic (exact) mass is 354 g/mol. The van der Waals surface area contributed by atoms with Crippen LogP contribution in [0.15, 0.2) is 54.6 Å². The maximum atomic E-state index is 12.4. The fourth-order valence-corrected chi connectivity index (χ4v) is 3.17. The van der Waals surface area contributed by atoms with Crippen LogP contribution in [0.1, 0.15) is 24.4 Å². The number of hydrogen-bond acceptors (Lipinski definition) is 4. The molecule has 2 aromatic rings. The second-order valence-corrected chi connectivity index (χ2v) is 6.38. The van der Waals surface area contributed by atoms with Gasteiger partial charge in [-0.2, -0.15) is 0 Å². The van der Waals surface area contributed by atoms with E-state index in [0.717, 1.165) is 25.2 Å². The van der Waals surface area contributed by atoms with E-state index in [4.69, 9.17) is 0 Å². The molecule has 1 heterocycles. The molecule has 2 amide bonds. The minimum atomic E-state index is -0.483. The second kappa shape index (κ2) is 8.44. The average Bonchev–Trinajstić information content (AvgIpc) is 3.15. The molecule has 2 aromatic carbocycles. The number of urea groups is 1. The van der Waals surface area contributed by atoms with Crippen molar-refractivity contribution in [1.29, 1.82) is 0 Å². The van der Waals surface area contributed by atoms with Gasteiger partial charge in [-0.15, -0.1) is 0 Å². The van der Waals surface area contributed by atoms with Gasteiger partial charge in [-0.05, 0) is 37.6 Å². The molecule has 136 valence electrons. The molecule has 3 rings (SSSR count). The molecule has 7 nitrogen and oxygen atoms in total. The molecule has 1 saturated heterocycles. The van der Waals surface area contributed by atoms with E-state index in [-0.39, 0.29) is 17.8 Å². The summed E-state index contributed by atoms with van der Waals surface area (Å²) in [6, 6.07) is 15.2. The summed E-state index contributed by atoms with van der Waals surface area (Å²) >= 11 is 0. The standard InChI is InChI=1S/C19H22N4O3/c24-19(20-16-9-6-10-17(13-16)23(25)26)21-18(14-22-11-4-5-12-22)15-7-2-1-3-8-15/h1-3,6-10,13,18H,4-5,11-12,14H2,(H2,20,21,24). The van der Waals surface area contributed by atoms with Crippen molar-refractivity contribution >= 4 is 17.4 Å². The van der Waals surface area contributed by atoms with Crippen LogP contribution in [0.4, 0.5) is 16.2 Å². The average molecular weight is 354 g/mol. The van der Waals surface area contributed by atoms with E-state index >= 15 is 0 Å². The number of non-ortho nitro benzene ring substituents is 1. The van der Waals surface area contributed by atoms with Gasteiger partial charge in [0.15, 0.2) is 0 Å². The van der Waals surface area contributed by atoms with Gasteiger partial charge in [-0.25, -0.2) is 4.79 Å². The third-order valence-corrected chi connectivity index (χ3v) is 4.46. The van der Waals surface area contributed by atoms with Crippen LogP contribution in [0.25, 0.3) is 0 Å². The molecule has 0 aliphatic carbocycles. The van der Waals surface area contributed by atoms with E-state index in [1.165, 1.54) is 25.0 Å². The van der Waals surface area contributed by atoms with Crippen LogP contribution in [-0.4, -0.2) is 35.5 Å². The Morgan fingerprint density at radius 3 is 2.54 bits per heavy atom. The van der Waals surface area contributed by atoms with Crippen molar-refractivity contribution in [2.75, 3.05) is 25.0 Å². The highest BCUT2D eigenvalue weighted by Gasteiger charge is 2.21. The number of nitro benzene ring substituents is 1. The molecular formula is C19H22N4O3. The van der Waals surface area contributed by atoms with Crippen molar-refractivity contribution in [1.82, 2.24) is 10.2 Å². The van der Waals surface area contributed by atoms with Gasteiger partial charge < -0.3 is 15.5 Å². The van der Waals surface area contributed by atoms with Gasteiger partial charge in [0, 0.05) is 24.4 Å². The lowest BCUT2D eigenvalue weighted by Gasteiger charge is -2.25. The Hall–Kier alpha value is -2.93. The van der Waals surface area contributed by atoms with Crippen LogP contribution in [0.3, 0.4) is 0 Å². The zero-order valence-corrected chi connectivity index (χ0v) is 14.4. The Morgan fingerprint density at radius 2 is 1.85 bits per heavy atom.